The maximum absolute atomic E-state index is 11.7. The summed E-state index contributed by atoms with van der Waals surface area (Å²) in [6, 6.07) is 0.480. The lowest BCUT2D eigenvalue weighted by atomic mass is 10.1. The molecule has 0 bridgehead atoms. The molecule has 1 aliphatic rings. The van der Waals surface area contributed by atoms with Crippen molar-refractivity contribution in [1.82, 2.24) is 4.90 Å². The van der Waals surface area contributed by atoms with Crippen LogP contribution in [-0.2, 0) is 14.6 Å². The Bertz CT molecular complexity index is 399. The highest BCUT2D eigenvalue weighted by Gasteiger charge is 2.24. The molecule has 0 aliphatic heterocycles. The lowest BCUT2D eigenvalue weighted by Gasteiger charge is -2.29. The second-order valence-electron chi connectivity index (χ2n) is 6.14. The fourth-order valence-electron chi connectivity index (χ4n) is 2.69. The highest BCUT2D eigenvalue weighted by molar-refractivity contribution is 7.92. The molecule has 1 saturated carbocycles. The average Bonchev–Trinajstić information content (AvgIpc) is 2.80. The summed E-state index contributed by atoms with van der Waals surface area (Å²) >= 11 is 0. The second kappa shape index (κ2) is 7.98. The molecular formula is C14H27NO4S. The van der Waals surface area contributed by atoms with Gasteiger partial charge in [-0.05, 0) is 31.7 Å². The summed E-state index contributed by atoms with van der Waals surface area (Å²) in [6.07, 6.45) is 5.75. The van der Waals surface area contributed by atoms with Crippen molar-refractivity contribution in [3.05, 3.63) is 0 Å². The van der Waals surface area contributed by atoms with E-state index in [0.29, 0.717) is 18.5 Å². The summed E-state index contributed by atoms with van der Waals surface area (Å²) in [5.41, 5.74) is 0. The largest absolute Gasteiger partial charge is 0.480 e. The summed E-state index contributed by atoms with van der Waals surface area (Å²) in [5.74, 6) is -1.47. The van der Waals surface area contributed by atoms with E-state index in [0.717, 1.165) is 25.8 Å². The highest BCUT2D eigenvalue weighted by atomic mass is 32.2. The van der Waals surface area contributed by atoms with Crippen LogP contribution >= 0.6 is 0 Å². The smallest absolute Gasteiger partial charge is 0.318 e. The Hall–Kier alpha value is -0.620. The first-order valence-corrected chi connectivity index (χ1v) is 9.28. The lowest BCUT2D eigenvalue weighted by molar-refractivity contribution is -0.134. The van der Waals surface area contributed by atoms with Crippen molar-refractivity contribution in [2.45, 2.75) is 52.0 Å². The van der Waals surface area contributed by atoms with Crippen LogP contribution in [0.3, 0.4) is 0 Å². The zero-order valence-electron chi connectivity index (χ0n) is 12.5. The minimum absolute atomic E-state index is 0.0477. The van der Waals surface area contributed by atoms with Crippen LogP contribution in [0.25, 0.3) is 0 Å². The van der Waals surface area contributed by atoms with E-state index in [1.54, 1.807) is 0 Å². The zero-order valence-corrected chi connectivity index (χ0v) is 13.4. The molecule has 0 heterocycles. The molecule has 20 heavy (non-hydrogen) atoms. The molecule has 0 saturated heterocycles. The van der Waals surface area contributed by atoms with E-state index < -0.39 is 21.6 Å². The Morgan fingerprint density at radius 3 is 2.35 bits per heavy atom. The van der Waals surface area contributed by atoms with Gasteiger partial charge >= 0.3 is 5.97 Å². The van der Waals surface area contributed by atoms with E-state index >= 15 is 0 Å². The monoisotopic (exact) mass is 305 g/mol. The first-order chi connectivity index (χ1) is 9.30. The third-order valence-corrected chi connectivity index (χ3v) is 5.36. The number of rotatable bonds is 9. The number of carboxylic acids is 1. The molecule has 0 unspecified atom stereocenters. The predicted molar refractivity (Wildman–Crippen MR) is 79.6 cm³/mol. The maximum atomic E-state index is 11.7. The molecule has 6 heteroatoms. The van der Waals surface area contributed by atoms with Gasteiger partial charge in [0.25, 0.3) is 0 Å². The van der Waals surface area contributed by atoms with Gasteiger partial charge in [-0.3, -0.25) is 9.69 Å². The second-order valence-corrected chi connectivity index (χ2v) is 8.33. The number of aliphatic carboxylic acids is 1. The molecular weight excluding hydrogens is 278 g/mol. The van der Waals surface area contributed by atoms with Crippen molar-refractivity contribution in [2.75, 3.05) is 24.6 Å². The van der Waals surface area contributed by atoms with Crippen molar-refractivity contribution >= 4 is 15.8 Å². The van der Waals surface area contributed by atoms with Crippen LogP contribution in [-0.4, -0.2) is 55.0 Å². The Labute approximate surface area is 122 Å². The van der Waals surface area contributed by atoms with Crippen LogP contribution in [0.5, 0.6) is 0 Å². The minimum atomic E-state index is -3.49. The number of hydrogen-bond acceptors (Lipinski definition) is 4. The normalized spacial score (nSPS) is 17.2. The third kappa shape index (κ3) is 6.70. The molecule has 5 nitrogen and oxygen atoms in total. The summed E-state index contributed by atoms with van der Waals surface area (Å²) in [5, 5.41) is 8.61. The van der Waals surface area contributed by atoms with Crippen molar-refractivity contribution in [3.8, 4) is 0 Å². The van der Waals surface area contributed by atoms with Gasteiger partial charge < -0.3 is 5.11 Å². The van der Waals surface area contributed by atoms with Gasteiger partial charge in [0.1, 0.15) is 5.75 Å². The van der Waals surface area contributed by atoms with E-state index in [9.17, 15) is 13.2 Å². The van der Waals surface area contributed by atoms with E-state index in [-0.39, 0.29) is 5.75 Å². The van der Waals surface area contributed by atoms with Crippen LogP contribution in [0.4, 0.5) is 0 Å². The SMILES string of the molecule is CC(C)CCN(CCS(=O)(=O)CC(=O)O)C1CCCC1. The molecule has 0 atom stereocenters. The van der Waals surface area contributed by atoms with Crippen LogP contribution in [0.15, 0.2) is 0 Å². The predicted octanol–water partition coefficient (Wildman–Crippen LogP) is 1.78. The van der Waals surface area contributed by atoms with Crippen molar-refractivity contribution < 1.29 is 18.3 Å². The Balaban J connectivity index is 2.53. The van der Waals surface area contributed by atoms with Gasteiger partial charge in [0.15, 0.2) is 9.84 Å². The van der Waals surface area contributed by atoms with Crippen LogP contribution < -0.4 is 0 Å². The van der Waals surface area contributed by atoms with Gasteiger partial charge in [-0.15, -0.1) is 0 Å². The molecule has 0 aromatic rings. The third-order valence-electron chi connectivity index (χ3n) is 3.87. The molecule has 0 amide bonds. The van der Waals surface area contributed by atoms with Crippen LogP contribution in [0, 0.1) is 5.92 Å². The first-order valence-electron chi connectivity index (χ1n) is 7.46. The van der Waals surface area contributed by atoms with E-state index in [1.165, 1.54) is 12.8 Å². The first kappa shape index (κ1) is 17.4. The zero-order chi connectivity index (χ0) is 15.2. The fraction of sp³-hybridized carbons (Fsp3) is 0.929. The number of nitrogens with zero attached hydrogens (tertiary/aromatic N) is 1. The molecule has 0 aromatic carbocycles. The van der Waals surface area contributed by atoms with Crippen molar-refractivity contribution in [2.24, 2.45) is 5.92 Å². The van der Waals surface area contributed by atoms with Gasteiger partial charge in [-0.2, -0.15) is 0 Å². The summed E-state index contributed by atoms with van der Waals surface area (Å²) in [6.45, 7) is 5.69. The Morgan fingerprint density at radius 1 is 1.25 bits per heavy atom. The Kier molecular flexibility index (Phi) is 6.95. The number of sulfone groups is 1. The molecule has 0 radical (unpaired) electrons. The highest BCUT2D eigenvalue weighted by Crippen LogP contribution is 2.24. The standard InChI is InChI=1S/C14H27NO4S/c1-12(2)7-8-15(13-5-3-4-6-13)9-10-20(18,19)11-14(16)17/h12-13H,3-11H2,1-2H3,(H,16,17). The summed E-state index contributed by atoms with van der Waals surface area (Å²) in [4.78, 5) is 12.8. The lowest BCUT2D eigenvalue weighted by Crippen LogP contribution is -2.39. The summed E-state index contributed by atoms with van der Waals surface area (Å²) in [7, 11) is -3.49. The molecule has 1 N–H and O–H groups in total. The van der Waals surface area contributed by atoms with E-state index in [2.05, 4.69) is 18.7 Å². The molecule has 0 aromatic heterocycles. The van der Waals surface area contributed by atoms with E-state index in [1.807, 2.05) is 0 Å². The van der Waals surface area contributed by atoms with Crippen molar-refractivity contribution in [1.29, 1.82) is 0 Å². The molecule has 1 fully saturated rings. The number of hydrogen-bond donors (Lipinski definition) is 1. The molecule has 118 valence electrons. The number of carboxylic acid groups (broad SMARTS) is 1. The van der Waals surface area contributed by atoms with Gasteiger partial charge in [0.05, 0.1) is 5.75 Å². The number of carbonyl (C=O) groups is 1. The topological polar surface area (TPSA) is 74.7 Å². The quantitative estimate of drug-likeness (QED) is 0.703. The summed E-state index contributed by atoms with van der Waals surface area (Å²) < 4.78 is 23.4. The Morgan fingerprint density at radius 2 is 1.85 bits per heavy atom. The van der Waals surface area contributed by atoms with E-state index in [4.69, 9.17) is 5.11 Å². The van der Waals surface area contributed by atoms with Crippen LogP contribution in [0.1, 0.15) is 46.0 Å². The van der Waals surface area contributed by atoms with Gasteiger partial charge in [0.2, 0.25) is 0 Å². The van der Waals surface area contributed by atoms with Gasteiger partial charge in [-0.25, -0.2) is 8.42 Å². The minimum Gasteiger partial charge on any atom is -0.480 e. The average molecular weight is 305 g/mol. The molecule has 1 aliphatic carbocycles. The van der Waals surface area contributed by atoms with Gasteiger partial charge in [0, 0.05) is 12.6 Å². The maximum Gasteiger partial charge on any atom is 0.318 e. The van der Waals surface area contributed by atoms with Gasteiger partial charge in [-0.1, -0.05) is 26.7 Å². The molecule has 1 rings (SSSR count). The van der Waals surface area contributed by atoms with Crippen LogP contribution in [0.2, 0.25) is 0 Å². The molecule has 0 spiro atoms. The van der Waals surface area contributed by atoms with Crippen molar-refractivity contribution in [3.63, 3.8) is 0 Å². The fourth-order valence-corrected chi connectivity index (χ4v) is 3.72.